The molecule has 0 unspecified atom stereocenters. The normalized spacial score (nSPS) is 13.5. The minimum absolute atomic E-state index is 0.0314. The van der Waals surface area contributed by atoms with E-state index in [1.165, 1.54) is 0 Å². The number of carbonyl (C=O) groups excluding carboxylic acids is 1. The molecule has 0 saturated carbocycles. The zero-order valence-electron chi connectivity index (χ0n) is 13.6. The van der Waals surface area contributed by atoms with Crippen molar-refractivity contribution >= 4 is 5.91 Å². The van der Waals surface area contributed by atoms with Gasteiger partial charge in [0.05, 0.1) is 12.7 Å². The third kappa shape index (κ3) is 5.17. The van der Waals surface area contributed by atoms with E-state index in [1.807, 2.05) is 44.2 Å². The van der Waals surface area contributed by atoms with Crippen LogP contribution in [0.2, 0.25) is 0 Å². The number of carbonyl (C=O) groups is 1. The summed E-state index contributed by atoms with van der Waals surface area (Å²) in [5, 5.41) is 20.1. The Kier molecular flexibility index (Phi) is 6.29. The second kappa shape index (κ2) is 8.43. The fraction of sp³-hybridized carbons (Fsp3) is 0.471. The van der Waals surface area contributed by atoms with Gasteiger partial charge in [0, 0.05) is 12.6 Å². The maximum absolute atomic E-state index is 12.3. The molecule has 0 fully saturated rings. The van der Waals surface area contributed by atoms with Gasteiger partial charge in [0.2, 0.25) is 0 Å². The van der Waals surface area contributed by atoms with Crippen LogP contribution in [0.3, 0.4) is 0 Å². The molecule has 0 radical (unpaired) electrons. The van der Waals surface area contributed by atoms with Crippen molar-refractivity contribution in [3.05, 3.63) is 47.8 Å². The summed E-state index contributed by atoms with van der Waals surface area (Å²) in [6, 6.07) is 9.93. The average molecular weight is 316 g/mol. The van der Waals surface area contributed by atoms with Gasteiger partial charge in [0.25, 0.3) is 5.91 Å². The summed E-state index contributed by atoms with van der Waals surface area (Å²) >= 11 is 0. The average Bonchev–Trinajstić information content (AvgIpc) is 3.03. The molecule has 1 amide bonds. The quantitative estimate of drug-likeness (QED) is 0.779. The van der Waals surface area contributed by atoms with Crippen molar-refractivity contribution < 1.29 is 9.90 Å². The van der Waals surface area contributed by atoms with Crippen LogP contribution in [-0.4, -0.2) is 38.7 Å². The number of hydrogen-bond acceptors (Lipinski definition) is 4. The minimum Gasteiger partial charge on any atom is -0.396 e. The van der Waals surface area contributed by atoms with Crippen molar-refractivity contribution in [1.29, 1.82) is 0 Å². The topological polar surface area (TPSA) is 80.0 Å². The summed E-state index contributed by atoms with van der Waals surface area (Å²) in [5.74, 6) is -0.0599. The van der Waals surface area contributed by atoms with E-state index in [2.05, 4.69) is 15.6 Å². The van der Waals surface area contributed by atoms with Gasteiger partial charge in [-0.1, -0.05) is 49.4 Å². The highest BCUT2D eigenvalue weighted by molar-refractivity contribution is 5.92. The molecular weight excluding hydrogens is 292 g/mol. The maximum atomic E-state index is 12.3. The molecule has 0 aliphatic rings. The number of benzene rings is 1. The van der Waals surface area contributed by atoms with Crippen molar-refractivity contribution in [3.8, 4) is 0 Å². The van der Waals surface area contributed by atoms with Crippen molar-refractivity contribution in [2.45, 2.75) is 39.3 Å². The lowest BCUT2D eigenvalue weighted by Gasteiger charge is -2.19. The Morgan fingerprint density at radius 1 is 1.35 bits per heavy atom. The summed E-state index contributed by atoms with van der Waals surface area (Å²) in [7, 11) is 0. The van der Waals surface area contributed by atoms with Gasteiger partial charge in [0.15, 0.2) is 5.69 Å². The Bertz CT molecular complexity index is 612. The maximum Gasteiger partial charge on any atom is 0.273 e. The third-order valence-electron chi connectivity index (χ3n) is 3.79. The molecule has 23 heavy (non-hydrogen) atoms. The molecule has 6 nitrogen and oxygen atoms in total. The SMILES string of the molecule is CC[C@@H](C[C@@H](C)CO)NC(=O)c1cn(Cc2ccccc2)nn1. The Morgan fingerprint density at radius 2 is 2.09 bits per heavy atom. The lowest BCUT2D eigenvalue weighted by Crippen LogP contribution is -2.36. The van der Waals surface area contributed by atoms with Crippen LogP contribution in [-0.2, 0) is 6.54 Å². The number of nitrogens with zero attached hydrogens (tertiary/aromatic N) is 3. The molecule has 6 heteroatoms. The Labute approximate surface area is 136 Å². The molecule has 124 valence electrons. The van der Waals surface area contributed by atoms with Crippen LogP contribution in [0, 0.1) is 5.92 Å². The monoisotopic (exact) mass is 316 g/mol. The highest BCUT2D eigenvalue weighted by Gasteiger charge is 2.17. The number of nitrogens with one attached hydrogen (secondary N) is 1. The lowest BCUT2D eigenvalue weighted by molar-refractivity contribution is 0.0920. The Balaban J connectivity index is 1.95. The van der Waals surface area contributed by atoms with E-state index < -0.39 is 0 Å². The van der Waals surface area contributed by atoms with Crippen molar-refractivity contribution in [2.75, 3.05) is 6.61 Å². The molecule has 0 bridgehead atoms. The summed E-state index contributed by atoms with van der Waals surface area (Å²) in [6.07, 6.45) is 3.22. The molecule has 1 aromatic heterocycles. The fourth-order valence-electron chi connectivity index (χ4n) is 2.40. The van der Waals surface area contributed by atoms with Gasteiger partial charge in [-0.3, -0.25) is 4.79 Å². The van der Waals surface area contributed by atoms with Crippen LogP contribution in [0.4, 0.5) is 0 Å². The van der Waals surface area contributed by atoms with Crippen LogP contribution in [0.15, 0.2) is 36.5 Å². The molecule has 1 heterocycles. The molecule has 2 N–H and O–H groups in total. The molecule has 0 aliphatic heterocycles. The van der Waals surface area contributed by atoms with E-state index in [-0.39, 0.29) is 24.5 Å². The van der Waals surface area contributed by atoms with E-state index in [4.69, 9.17) is 5.11 Å². The number of aliphatic hydroxyl groups is 1. The zero-order valence-corrected chi connectivity index (χ0v) is 13.6. The molecule has 2 atom stereocenters. The predicted molar refractivity (Wildman–Crippen MR) is 88.0 cm³/mol. The third-order valence-corrected chi connectivity index (χ3v) is 3.79. The van der Waals surface area contributed by atoms with Crippen LogP contribution >= 0.6 is 0 Å². The van der Waals surface area contributed by atoms with Crippen molar-refractivity contribution in [1.82, 2.24) is 20.3 Å². The van der Waals surface area contributed by atoms with Crippen LogP contribution in [0.25, 0.3) is 0 Å². The van der Waals surface area contributed by atoms with E-state index in [1.54, 1.807) is 10.9 Å². The van der Waals surface area contributed by atoms with Crippen LogP contribution in [0.5, 0.6) is 0 Å². The molecule has 2 rings (SSSR count). The van der Waals surface area contributed by atoms with E-state index in [0.717, 1.165) is 18.4 Å². The predicted octanol–water partition coefficient (Wildman–Crippen LogP) is 1.85. The summed E-state index contributed by atoms with van der Waals surface area (Å²) in [4.78, 5) is 12.3. The fourth-order valence-corrected chi connectivity index (χ4v) is 2.40. The first-order valence-electron chi connectivity index (χ1n) is 7.98. The Hall–Kier alpha value is -2.21. The molecule has 1 aromatic carbocycles. The van der Waals surface area contributed by atoms with Gasteiger partial charge in [-0.25, -0.2) is 4.68 Å². The van der Waals surface area contributed by atoms with E-state index in [0.29, 0.717) is 12.2 Å². The number of hydrogen-bond donors (Lipinski definition) is 2. The van der Waals surface area contributed by atoms with Crippen molar-refractivity contribution in [2.24, 2.45) is 5.92 Å². The number of aliphatic hydroxyl groups excluding tert-OH is 1. The second-order valence-corrected chi connectivity index (χ2v) is 5.89. The first-order chi connectivity index (χ1) is 11.1. The molecule has 0 spiro atoms. The highest BCUT2D eigenvalue weighted by Crippen LogP contribution is 2.09. The number of amides is 1. The van der Waals surface area contributed by atoms with Crippen LogP contribution < -0.4 is 5.32 Å². The molecule has 0 saturated heterocycles. The summed E-state index contributed by atoms with van der Waals surface area (Å²) < 4.78 is 1.65. The first kappa shape index (κ1) is 17.1. The van der Waals surface area contributed by atoms with E-state index in [9.17, 15) is 4.79 Å². The summed E-state index contributed by atoms with van der Waals surface area (Å²) in [6.45, 7) is 4.69. The summed E-state index contributed by atoms with van der Waals surface area (Å²) in [5.41, 5.74) is 1.42. The highest BCUT2D eigenvalue weighted by atomic mass is 16.3. The van der Waals surface area contributed by atoms with Gasteiger partial charge in [0.1, 0.15) is 0 Å². The zero-order chi connectivity index (χ0) is 16.7. The van der Waals surface area contributed by atoms with Gasteiger partial charge in [-0.2, -0.15) is 0 Å². The van der Waals surface area contributed by atoms with Gasteiger partial charge in [-0.15, -0.1) is 5.10 Å². The molecular formula is C17H24N4O2. The van der Waals surface area contributed by atoms with E-state index >= 15 is 0 Å². The molecule has 0 aliphatic carbocycles. The van der Waals surface area contributed by atoms with Crippen molar-refractivity contribution in [3.63, 3.8) is 0 Å². The number of rotatable bonds is 8. The second-order valence-electron chi connectivity index (χ2n) is 5.89. The lowest BCUT2D eigenvalue weighted by atomic mass is 10.0. The molecule has 2 aromatic rings. The van der Waals surface area contributed by atoms with Gasteiger partial charge in [-0.05, 0) is 24.3 Å². The minimum atomic E-state index is -0.221. The van der Waals surface area contributed by atoms with Crippen LogP contribution in [0.1, 0.15) is 42.7 Å². The standard InChI is InChI=1S/C17H24N4O2/c1-3-15(9-13(2)12-22)18-17(23)16-11-21(20-19-16)10-14-7-5-4-6-8-14/h4-8,11,13,15,22H,3,9-10,12H2,1-2H3,(H,18,23)/t13-,15+/m1/s1. The van der Waals surface area contributed by atoms with Gasteiger partial charge < -0.3 is 10.4 Å². The Morgan fingerprint density at radius 3 is 2.74 bits per heavy atom. The largest absolute Gasteiger partial charge is 0.396 e. The van der Waals surface area contributed by atoms with Gasteiger partial charge >= 0.3 is 0 Å². The first-order valence-corrected chi connectivity index (χ1v) is 7.98. The smallest absolute Gasteiger partial charge is 0.273 e. The number of aromatic nitrogens is 3.